The number of rotatable bonds is 2. The molecule has 2 aromatic carbocycles. The van der Waals surface area contributed by atoms with Crippen molar-refractivity contribution in [3.8, 4) is 0 Å². The fourth-order valence-electron chi connectivity index (χ4n) is 2.24. The van der Waals surface area contributed by atoms with E-state index in [9.17, 15) is 0 Å². The summed E-state index contributed by atoms with van der Waals surface area (Å²) in [6.45, 7) is 8.19. The number of hydrogen-bond acceptors (Lipinski definition) is 2. The van der Waals surface area contributed by atoms with Gasteiger partial charge in [0, 0.05) is 18.0 Å². The van der Waals surface area contributed by atoms with Crippen molar-refractivity contribution < 1.29 is 0 Å². The number of aryl methyl sites for hydroxylation is 2. The lowest BCUT2D eigenvalue weighted by atomic mass is 10.0. The molecule has 2 aromatic rings. The van der Waals surface area contributed by atoms with E-state index in [1.807, 2.05) is 26.3 Å². The van der Waals surface area contributed by atoms with Gasteiger partial charge in [0.25, 0.3) is 0 Å². The molecule has 0 amide bonds. The van der Waals surface area contributed by atoms with E-state index in [-0.39, 0.29) is 6.17 Å². The van der Waals surface area contributed by atoms with Gasteiger partial charge >= 0.3 is 0 Å². The zero-order chi connectivity index (χ0) is 15.9. The maximum absolute atomic E-state index is 4.61. The minimum absolute atomic E-state index is 0.0183. The molecule has 0 bridgehead atoms. The van der Waals surface area contributed by atoms with Gasteiger partial charge in [-0.2, -0.15) is 0 Å². The average Bonchev–Trinajstić information content (AvgIpc) is 2.58. The molecule has 114 valence electrons. The molecule has 3 rings (SSSR count). The first-order valence-corrected chi connectivity index (χ1v) is 7.85. The molecular weight excluding hydrogens is 268 g/mol. The van der Waals surface area contributed by atoms with Gasteiger partial charge in [-0.1, -0.05) is 73.5 Å². The molecule has 1 aliphatic rings. The molecule has 0 aliphatic carbocycles. The number of allylic oxidation sites excluding steroid dienone is 1. The molecule has 0 radical (unpaired) electrons. The van der Waals surface area contributed by atoms with Gasteiger partial charge in [-0.3, -0.25) is 4.99 Å². The molecule has 1 N–H and O–H groups in total. The van der Waals surface area contributed by atoms with E-state index in [0.717, 1.165) is 5.57 Å². The van der Waals surface area contributed by atoms with Gasteiger partial charge in [0.1, 0.15) is 6.17 Å². The smallest absolute Gasteiger partial charge is 0.144 e. The Morgan fingerprint density at radius 3 is 1.86 bits per heavy atom. The molecule has 0 fully saturated rings. The van der Waals surface area contributed by atoms with Crippen LogP contribution in [-0.4, -0.2) is 6.21 Å². The zero-order valence-electron chi connectivity index (χ0n) is 13.8. The zero-order valence-corrected chi connectivity index (χ0v) is 13.8. The van der Waals surface area contributed by atoms with Crippen molar-refractivity contribution in [1.82, 2.24) is 5.32 Å². The van der Waals surface area contributed by atoms with Crippen molar-refractivity contribution >= 4 is 11.8 Å². The Morgan fingerprint density at radius 1 is 0.818 bits per heavy atom. The lowest BCUT2D eigenvalue weighted by Gasteiger charge is -2.19. The lowest BCUT2D eigenvalue weighted by molar-refractivity contribution is 0.655. The molecular formula is C20H24N2. The maximum Gasteiger partial charge on any atom is 0.144 e. The molecule has 2 heteroatoms. The average molecular weight is 292 g/mol. The summed E-state index contributed by atoms with van der Waals surface area (Å²) in [5.41, 5.74) is 6.03. The summed E-state index contributed by atoms with van der Waals surface area (Å²) in [5.74, 6) is 0. The Hall–Kier alpha value is -2.35. The van der Waals surface area contributed by atoms with Crippen molar-refractivity contribution in [1.29, 1.82) is 0 Å². The minimum Gasteiger partial charge on any atom is -0.366 e. The first kappa shape index (κ1) is 16.0. The summed E-state index contributed by atoms with van der Waals surface area (Å²) >= 11 is 0. The predicted molar refractivity (Wildman–Crippen MR) is 96.1 cm³/mol. The van der Waals surface area contributed by atoms with E-state index in [1.165, 1.54) is 22.3 Å². The first-order chi connectivity index (χ1) is 10.7. The number of hydrogen-bond donors (Lipinski definition) is 1. The van der Waals surface area contributed by atoms with Crippen LogP contribution < -0.4 is 5.32 Å². The van der Waals surface area contributed by atoms with Crippen molar-refractivity contribution in [2.45, 2.75) is 33.9 Å². The van der Waals surface area contributed by atoms with E-state index in [1.54, 1.807) is 0 Å². The fourth-order valence-corrected chi connectivity index (χ4v) is 2.24. The normalized spacial score (nSPS) is 16.2. The summed E-state index contributed by atoms with van der Waals surface area (Å²) in [4.78, 5) is 4.61. The van der Waals surface area contributed by atoms with Gasteiger partial charge in [0.15, 0.2) is 0 Å². The van der Waals surface area contributed by atoms with E-state index in [0.29, 0.717) is 0 Å². The summed E-state index contributed by atoms with van der Waals surface area (Å²) in [6.07, 6.45) is 4.01. The Bertz CT molecular complexity index is 649. The molecule has 0 saturated heterocycles. The third-order valence-corrected chi connectivity index (χ3v) is 3.54. The van der Waals surface area contributed by atoms with Crippen LogP contribution in [0.4, 0.5) is 0 Å². The second-order valence-electron chi connectivity index (χ2n) is 5.22. The fraction of sp³-hybridized carbons (Fsp3) is 0.250. The van der Waals surface area contributed by atoms with Gasteiger partial charge in [-0.05, 0) is 25.0 Å². The van der Waals surface area contributed by atoms with Crippen LogP contribution in [0.25, 0.3) is 5.57 Å². The minimum atomic E-state index is 0.0183. The van der Waals surface area contributed by atoms with Crippen LogP contribution in [-0.2, 0) is 0 Å². The molecule has 1 aliphatic heterocycles. The summed E-state index contributed by atoms with van der Waals surface area (Å²) < 4.78 is 0. The molecule has 1 atom stereocenters. The highest BCUT2D eigenvalue weighted by Crippen LogP contribution is 2.21. The van der Waals surface area contributed by atoms with Gasteiger partial charge in [-0.25, -0.2) is 0 Å². The van der Waals surface area contributed by atoms with Gasteiger partial charge in [0.2, 0.25) is 0 Å². The van der Waals surface area contributed by atoms with E-state index >= 15 is 0 Å². The molecule has 1 heterocycles. The molecule has 1 unspecified atom stereocenters. The van der Waals surface area contributed by atoms with Crippen LogP contribution in [0.3, 0.4) is 0 Å². The largest absolute Gasteiger partial charge is 0.366 e. The lowest BCUT2D eigenvalue weighted by Crippen LogP contribution is -2.18. The van der Waals surface area contributed by atoms with E-state index in [2.05, 4.69) is 72.7 Å². The number of aliphatic imine (C=N–C) groups is 1. The predicted octanol–water partition coefficient (Wildman–Crippen LogP) is 5.04. The van der Waals surface area contributed by atoms with Crippen LogP contribution >= 0.6 is 0 Å². The summed E-state index contributed by atoms with van der Waals surface area (Å²) in [5, 5.41) is 3.36. The molecule has 22 heavy (non-hydrogen) atoms. The Morgan fingerprint density at radius 2 is 1.36 bits per heavy atom. The molecule has 2 nitrogen and oxygen atoms in total. The third kappa shape index (κ3) is 3.85. The quantitative estimate of drug-likeness (QED) is 0.823. The summed E-state index contributed by atoms with van der Waals surface area (Å²) in [6, 6.07) is 17.0. The molecule has 0 spiro atoms. The van der Waals surface area contributed by atoms with E-state index in [4.69, 9.17) is 0 Å². The topological polar surface area (TPSA) is 24.4 Å². The number of benzene rings is 2. The second kappa shape index (κ2) is 7.60. The van der Waals surface area contributed by atoms with Crippen molar-refractivity contribution in [3.05, 3.63) is 77.0 Å². The maximum atomic E-state index is 4.61. The molecule has 0 saturated carbocycles. The van der Waals surface area contributed by atoms with Crippen molar-refractivity contribution in [2.24, 2.45) is 4.99 Å². The van der Waals surface area contributed by atoms with Crippen LogP contribution in [0.2, 0.25) is 0 Å². The van der Waals surface area contributed by atoms with Crippen LogP contribution in [0.15, 0.2) is 59.7 Å². The Labute approximate surface area is 133 Å². The van der Waals surface area contributed by atoms with Gasteiger partial charge in [-0.15, -0.1) is 0 Å². The van der Waals surface area contributed by atoms with Crippen LogP contribution in [0.5, 0.6) is 0 Å². The molecule has 0 aromatic heterocycles. The Balaban J connectivity index is 0.000000847. The van der Waals surface area contributed by atoms with Crippen LogP contribution in [0.1, 0.15) is 42.3 Å². The first-order valence-electron chi connectivity index (χ1n) is 7.85. The van der Waals surface area contributed by atoms with Gasteiger partial charge in [0.05, 0.1) is 0 Å². The van der Waals surface area contributed by atoms with Gasteiger partial charge < -0.3 is 5.32 Å². The van der Waals surface area contributed by atoms with Crippen molar-refractivity contribution in [2.75, 3.05) is 0 Å². The Kier molecular flexibility index (Phi) is 5.54. The SMILES string of the molecule is CC.Cc1ccc(C2=CNC(c3ccc(C)cc3)N=C2)cc1. The van der Waals surface area contributed by atoms with Crippen LogP contribution in [0, 0.1) is 13.8 Å². The van der Waals surface area contributed by atoms with E-state index < -0.39 is 0 Å². The third-order valence-electron chi connectivity index (χ3n) is 3.54. The monoisotopic (exact) mass is 292 g/mol. The highest BCUT2D eigenvalue weighted by atomic mass is 15.1. The standard InChI is InChI=1S/C18H18N2.C2H6/c1-13-3-7-15(8-4-13)17-11-19-18(20-12-17)16-9-5-14(2)6-10-16;1-2/h3-12,18-19H,1-2H3;1-2H3. The highest BCUT2D eigenvalue weighted by molar-refractivity contribution is 6.10. The van der Waals surface area contributed by atoms with Crippen molar-refractivity contribution in [3.63, 3.8) is 0 Å². The second-order valence-corrected chi connectivity index (χ2v) is 5.22. The number of nitrogens with zero attached hydrogens (tertiary/aromatic N) is 1. The highest BCUT2D eigenvalue weighted by Gasteiger charge is 2.11. The number of nitrogens with one attached hydrogen (secondary N) is 1. The summed E-state index contributed by atoms with van der Waals surface area (Å²) in [7, 11) is 0.